The summed E-state index contributed by atoms with van der Waals surface area (Å²) in [4.78, 5) is 9.33. The van der Waals surface area contributed by atoms with E-state index in [1.165, 1.54) is 11.8 Å². The van der Waals surface area contributed by atoms with E-state index in [-0.39, 0.29) is 25.7 Å². The van der Waals surface area contributed by atoms with Crippen LogP contribution in [-0.4, -0.2) is 14.5 Å². The normalized spacial score (nSPS) is 12.3. The molecule has 1 radical (unpaired) electrons. The third kappa shape index (κ3) is 7.25. The van der Waals surface area contributed by atoms with Crippen molar-refractivity contribution in [1.82, 2.24) is 14.5 Å². The molecule has 9 rings (SSSR count). The number of imidazole rings is 1. The molecule has 3 heterocycles. The Morgan fingerprint density at radius 1 is 0.759 bits per heavy atom. The van der Waals surface area contributed by atoms with Crippen molar-refractivity contribution >= 4 is 27.6 Å². The van der Waals surface area contributed by atoms with Gasteiger partial charge in [-0.05, 0) is 66.4 Å². The van der Waals surface area contributed by atoms with Crippen LogP contribution < -0.4 is 0 Å². The molecule has 0 unspecified atom stereocenters. The Hall–Kier alpha value is -6.13. The summed E-state index contributed by atoms with van der Waals surface area (Å²) in [6.07, 6.45) is 6.75. The second kappa shape index (κ2) is 16.3. The van der Waals surface area contributed by atoms with Gasteiger partial charge in [0.1, 0.15) is 0 Å². The van der Waals surface area contributed by atoms with Crippen LogP contribution in [0.1, 0.15) is 29.1 Å². The van der Waals surface area contributed by atoms with Crippen molar-refractivity contribution < 1.29 is 28.6 Å². The summed E-state index contributed by atoms with van der Waals surface area (Å²) in [5, 5.41) is 0.994. The van der Waals surface area contributed by atoms with Crippen LogP contribution in [0.25, 0.3) is 78.2 Å². The van der Waals surface area contributed by atoms with Crippen LogP contribution in [0.5, 0.6) is 0 Å². The maximum absolute atomic E-state index is 7.23. The molecule has 3 aromatic heterocycles. The number of benzene rings is 6. The SMILES string of the molecule is C/C=C(/C)c1ccc2o[c-]c(-c3nc4ccccc4n3-c3c(-c4ccccc4)cccc3-c3ccccc3)c2c1.[2H]C([2H])([2H])c1ccc(-c2[c-]cccc2)nc1.[Ir]. The molecular weight excluding hydrogens is 839 g/mol. The number of aromatic nitrogens is 3. The van der Waals surface area contributed by atoms with Gasteiger partial charge >= 0.3 is 0 Å². The molecule has 0 aliphatic rings. The minimum Gasteiger partial charge on any atom is -0.557 e. The summed E-state index contributed by atoms with van der Waals surface area (Å²) in [7, 11) is 0. The molecule has 0 amide bonds. The van der Waals surface area contributed by atoms with Crippen molar-refractivity contribution in [2.24, 2.45) is 0 Å². The summed E-state index contributed by atoms with van der Waals surface area (Å²) in [6, 6.07) is 56.0. The van der Waals surface area contributed by atoms with Crippen molar-refractivity contribution in [3.63, 3.8) is 0 Å². The van der Waals surface area contributed by atoms with E-state index in [1.54, 1.807) is 18.2 Å². The van der Waals surface area contributed by atoms with Gasteiger partial charge in [-0.2, -0.15) is 0 Å². The van der Waals surface area contributed by atoms with Gasteiger partial charge in [0.2, 0.25) is 0 Å². The number of furan rings is 1. The van der Waals surface area contributed by atoms with Gasteiger partial charge in [0.25, 0.3) is 0 Å². The number of fused-ring (bicyclic) bond motifs is 2. The van der Waals surface area contributed by atoms with Crippen molar-refractivity contribution in [2.45, 2.75) is 20.7 Å². The van der Waals surface area contributed by atoms with Gasteiger partial charge in [-0.3, -0.25) is 4.98 Å². The first kappa shape index (κ1) is 32.5. The number of para-hydroxylation sites is 3. The Morgan fingerprint density at radius 2 is 1.46 bits per heavy atom. The fraction of sp³-hybridized carbons (Fsp3) is 0.0612. The van der Waals surface area contributed by atoms with Gasteiger partial charge in [-0.25, -0.2) is 0 Å². The molecule has 4 nitrogen and oxygen atoms in total. The summed E-state index contributed by atoms with van der Waals surface area (Å²) >= 11 is 0. The van der Waals surface area contributed by atoms with E-state index in [0.29, 0.717) is 0 Å². The van der Waals surface area contributed by atoms with Gasteiger partial charge in [0.15, 0.2) is 0 Å². The molecular formula is C49H37IrN3O-2. The fourth-order valence-electron chi connectivity index (χ4n) is 6.57. The second-order valence-corrected chi connectivity index (χ2v) is 12.7. The molecule has 6 aromatic carbocycles. The van der Waals surface area contributed by atoms with E-state index in [1.807, 2.05) is 30.3 Å². The van der Waals surface area contributed by atoms with E-state index in [4.69, 9.17) is 13.5 Å². The first-order chi connectivity index (χ1) is 27.3. The number of hydrogen-bond acceptors (Lipinski definition) is 3. The van der Waals surface area contributed by atoms with Crippen LogP contribution in [0.3, 0.4) is 0 Å². The third-order valence-corrected chi connectivity index (χ3v) is 9.36. The molecule has 0 fully saturated rings. The summed E-state index contributed by atoms with van der Waals surface area (Å²) < 4.78 is 30.0. The number of allylic oxidation sites excluding steroid dienone is 2. The Balaban J connectivity index is 0.000000246. The molecule has 0 bridgehead atoms. The van der Waals surface area contributed by atoms with Crippen molar-refractivity contribution in [2.75, 3.05) is 0 Å². The van der Waals surface area contributed by atoms with Gasteiger partial charge < -0.3 is 14.0 Å². The molecule has 0 saturated carbocycles. The Labute approximate surface area is 334 Å². The minimum atomic E-state index is -2.09. The predicted octanol–water partition coefficient (Wildman–Crippen LogP) is 12.9. The van der Waals surface area contributed by atoms with Crippen molar-refractivity contribution in [3.8, 4) is 50.6 Å². The third-order valence-electron chi connectivity index (χ3n) is 9.36. The molecule has 54 heavy (non-hydrogen) atoms. The van der Waals surface area contributed by atoms with E-state index >= 15 is 0 Å². The maximum atomic E-state index is 7.23. The number of pyridine rings is 1. The summed E-state index contributed by atoms with van der Waals surface area (Å²) in [5.74, 6) is 0.802. The molecule has 0 N–H and O–H groups in total. The molecule has 9 aromatic rings. The van der Waals surface area contributed by atoms with Crippen LogP contribution >= 0.6 is 0 Å². The molecule has 0 aliphatic heterocycles. The Bertz CT molecular complexity index is 2730. The molecule has 5 heteroatoms. The smallest absolute Gasteiger partial charge is 0.0774 e. The number of nitrogens with zero attached hydrogens (tertiary/aromatic N) is 3. The Morgan fingerprint density at radius 3 is 2.11 bits per heavy atom. The molecule has 0 aliphatic carbocycles. The monoisotopic (exact) mass is 879 g/mol. The average molecular weight is 879 g/mol. The second-order valence-electron chi connectivity index (χ2n) is 12.7. The van der Waals surface area contributed by atoms with Crippen LogP contribution in [0.15, 0.2) is 174 Å². The average Bonchev–Trinajstić information content (AvgIpc) is 3.85. The predicted molar refractivity (Wildman–Crippen MR) is 219 cm³/mol. The minimum absolute atomic E-state index is 0. The van der Waals surface area contributed by atoms with E-state index in [2.05, 4.69) is 151 Å². The summed E-state index contributed by atoms with van der Waals surface area (Å²) in [6.45, 7) is 2.10. The molecule has 0 saturated heterocycles. The largest absolute Gasteiger partial charge is 0.557 e. The number of aryl methyl sites for hydroxylation is 1. The number of hydrogen-bond donors (Lipinski definition) is 0. The number of rotatable bonds is 6. The first-order valence-electron chi connectivity index (χ1n) is 19.0. The van der Waals surface area contributed by atoms with Crippen molar-refractivity contribution in [3.05, 3.63) is 193 Å². The quantitative estimate of drug-likeness (QED) is 0.156. The van der Waals surface area contributed by atoms with Gasteiger partial charge in [0, 0.05) is 53.4 Å². The molecule has 265 valence electrons. The van der Waals surface area contributed by atoms with E-state index < -0.39 is 6.85 Å². The van der Waals surface area contributed by atoms with Gasteiger partial charge in [0.05, 0.1) is 22.5 Å². The topological polar surface area (TPSA) is 43.9 Å². The van der Waals surface area contributed by atoms with Gasteiger partial charge in [-0.1, -0.05) is 138 Å². The first-order valence-corrected chi connectivity index (χ1v) is 17.5. The fourth-order valence-corrected chi connectivity index (χ4v) is 6.57. The molecule has 0 atom stereocenters. The maximum Gasteiger partial charge on any atom is 0.0774 e. The standard InChI is InChI=1S/C37H27N2O.C12H10N.Ir/c1-3-25(2)28-21-22-35-31(23-28)32(24-40-35)37-38-33-19-10-11-20-34(33)39(37)36-29(26-13-6-4-7-14-26)17-12-18-30(36)27-15-8-5-9-16-27;1-10-7-8-12(13-9-10)11-5-3-2-4-6-11;/h3-23H,1-2H3;2-5,7-9H,1H3;/q2*-1;/b25-3-;;/i;1D3;. The van der Waals surface area contributed by atoms with Crippen LogP contribution in [0, 0.1) is 19.2 Å². The van der Waals surface area contributed by atoms with E-state index in [0.717, 1.165) is 78.2 Å². The van der Waals surface area contributed by atoms with Crippen molar-refractivity contribution in [1.29, 1.82) is 0 Å². The van der Waals surface area contributed by atoms with E-state index in [9.17, 15) is 0 Å². The van der Waals surface area contributed by atoms with Crippen LogP contribution in [0.2, 0.25) is 0 Å². The zero-order valence-corrected chi connectivity index (χ0v) is 32.1. The zero-order valence-electron chi connectivity index (χ0n) is 32.7. The van der Waals surface area contributed by atoms with Crippen LogP contribution in [-0.2, 0) is 20.1 Å². The van der Waals surface area contributed by atoms with Gasteiger partial charge in [-0.15, -0.1) is 35.9 Å². The zero-order chi connectivity index (χ0) is 38.6. The van der Waals surface area contributed by atoms with Crippen LogP contribution in [0.4, 0.5) is 0 Å². The summed E-state index contributed by atoms with van der Waals surface area (Å²) in [5.41, 5.74) is 13.4. The Kier molecular flexibility index (Phi) is 9.79. The molecule has 0 spiro atoms.